The molecule has 1 aliphatic carbocycles. The molecule has 8 rings (SSSR count). The second-order valence-electron chi connectivity index (χ2n) is 10.7. The summed E-state index contributed by atoms with van der Waals surface area (Å²) in [6.45, 7) is 0. The molecule has 4 heteroatoms. The van der Waals surface area contributed by atoms with Gasteiger partial charge in [-0.05, 0) is 54.4 Å². The van der Waals surface area contributed by atoms with Crippen LogP contribution in [0.4, 0.5) is 0 Å². The zero-order chi connectivity index (χ0) is 28.2. The van der Waals surface area contributed by atoms with Crippen LogP contribution >= 0.6 is 0 Å². The van der Waals surface area contributed by atoms with E-state index >= 15 is 0 Å². The molecule has 4 nitrogen and oxygen atoms in total. The van der Waals surface area contributed by atoms with Gasteiger partial charge in [-0.25, -0.2) is 0 Å². The van der Waals surface area contributed by atoms with Gasteiger partial charge >= 0.3 is 0 Å². The van der Waals surface area contributed by atoms with Crippen LogP contribution in [0, 0.1) is 22.7 Å². The molecule has 42 heavy (non-hydrogen) atoms. The van der Waals surface area contributed by atoms with E-state index in [2.05, 4.69) is 106 Å². The van der Waals surface area contributed by atoms with Crippen LogP contribution in [0.25, 0.3) is 50.2 Å². The monoisotopic (exact) mass is 536 g/mol. The molecule has 0 saturated carbocycles. The average Bonchev–Trinajstić information content (AvgIpc) is 3.58. The molecule has 0 spiro atoms. The highest BCUT2D eigenvalue weighted by atomic mass is 15.0. The molecule has 0 fully saturated rings. The Bertz CT molecular complexity index is 2320. The first-order chi connectivity index (χ1) is 20.8. The minimum atomic E-state index is 0.0371. The number of para-hydroxylation sites is 4. The predicted molar refractivity (Wildman–Crippen MR) is 169 cm³/mol. The van der Waals surface area contributed by atoms with Gasteiger partial charge in [-0.1, -0.05) is 84.9 Å². The maximum absolute atomic E-state index is 10.1. The topological polar surface area (TPSA) is 57.4 Å². The van der Waals surface area contributed by atoms with Crippen molar-refractivity contribution in [3.63, 3.8) is 0 Å². The number of nitriles is 2. The van der Waals surface area contributed by atoms with Gasteiger partial charge in [-0.15, -0.1) is 0 Å². The van der Waals surface area contributed by atoms with Crippen molar-refractivity contribution in [3.05, 3.63) is 149 Å². The molecule has 5 aromatic carbocycles. The van der Waals surface area contributed by atoms with Crippen LogP contribution in [-0.4, -0.2) is 9.13 Å². The van der Waals surface area contributed by atoms with Gasteiger partial charge in [-0.2, -0.15) is 10.5 Å². The largest absolute Gasteiger partial charge is 0.311 e. The fourth-order valence-corrected chi connectivity index (χ4v) is 6.84. The normalized spacial score (nSPS) is 14.2. The van der Waals surface area contributed by atoms with Crippen molar-refractivity contribution in [2.24, 2.45) is 0 Å². The highest BCUT2D eigenvalue weighted by Gasteiger charge is 2.30. The maximum Gasteiger partial charge on any atom is 0.101 e. The summed E-state index contributed by atoms with van der Waals surface area (Å²) in [5.74, 6) is 0.0371. The Morgan fingerprint density at radius 3 is 2.19 bits per heavy atom. The van der Waals surface area contributed by atoms with Crippen LogP contribution in [0.3, 0.4) is 0 Å². The molecular formula is C38H24N4. The Hall–Kier alpha value is -5.84. The number of hydrogen-bond donors (Lipinski definition) is 0. The van der Waals surface area contributed by atoms with Crippen molar-refractivity contribution in [3.8, 4) is 23.5 Å². The summed E-state index contributed by atoms with van der Waals surface area (Å²) in [5.41, 5.74) is 10.1. The molecule has 1 aliphatic rings. The molecule has 1 atom stereocenters. The molecule has 0 N–H and O–H groups in total. The SMILES string of the molecule is N#Cc1cccc(-n2c3ccccc3c3cccc(C4CC=Cc5c4n(-c4ccccc4C#N)c4ccccc54)c32)c1. The fraction of sp³-hybridized carbons (Fsp3) is 0.0526. The van der Waals surface area contributed by atoms with Gasteiger partial charge in [0.1, 0.15) is 6.07 Å². The van der Waals surface area contributed by atoms with E-state index < -0.39 is 0 Å². The molecule has 0 radical (unpaired) electrons. The molecule has 0 saturated heterocycles. The average molecular weight is 537 g/mol. The molecule has 2 aromatic heterocycles. The van der Waals surface area contributed by atoms with Gasteiger partial charge in [0.15, 0.2) is 0 Å². The van der Waals surface area contributed by atoms with E-state index in [0.29, 0.717) is 11.1 Å². The lowest BCUT2D eigenvalue weighted by molar-refractivity contribution is 0.766. The Balaban J connectivity index is 1.49. The number of fused-ring (bicyclic) bond motifs is 6. The van der Waals surface area contributed by atoms with Gasteiger partial charge in [0.05, 0.1) is 39.4 Å². The number of rotatable bonds is 3. The first-order valence-corrected chi connectivity index (χ1v) is 14.1. The molecule has 2 heterocycles. The minimum absolute atomic E-state index is 0.0371. The van der Waals surface area contributed by atoms with Crippen molar-refractivity contribution >= 4 is 38.8 Å². The highest BCUT2D eigenvalue weighted by Crippen LogP contribution is 2.46. The van der Waals surface area contributed by atoms with E-state index in [-0.39, 0.29) is 5.92 Å². The number of benzene rings is 5. The summed E-state index contributed by atoms with van der Waals surface area (Å²) in [6, 6.07) is 44.0. The molecule has 1 unspecified atom stereocenters. The summed E-state index contributed by atoms with van der Waals surface area (Å²) in [7, 11) is 0. The van der Waals surface area contributed by atoms with Crippen LogP contribution < -0.4 is 0 Å². The predicted octanol–water partition coefficient (Wildman–Crippen LogP) is 9.02. The summed E-state index contributed by atoms with van der Waals surface area (Å²) in [6.07, 6.45) is 5.35. The van der Waals surface area contributed by atoms with Crippen LogP contribution in [0.5, 0.6) is 0 Å². The van der Waals surface area contributed by atoms with E-state index in [1.807, 2.05) is 42.5 Å². The van der Waals surface area contributed by atoms with Gasteiger partial charge in [0.2, 0.25) is 0 Å². The van der Waals surface area contributed by atoms with Crippen LogP contribution in [0.15, 0.2) is 121 Å². The summed E-state index contributed by atoms with van der Waals surface area (Å²) in [4.78, 5) is 0. The number of allylic oxidation sites excluding steroid dienone is 1. The third-order valence-electron chi connectivity index (χ3n) is 8.54. The van der Waals surface area contributed by atoms with Gasteiger partial charge in [-0.3, -0.25) is 0 Å². The van der Waals surface area contributed by atoms with Crippen molar-refractivity contribution < 1.29 is 0 Å². The summed E-state index contributed by atoms with van der Waals surface area (Å²) < 4.78 is 4.62. The second-order valence-corrected chi connectivity index (χ2v) is 10.7. The number of nitrogens with zero attached hydrogens (tertiary/aromatic N) is 4. The molecular weight excluding hydrogens is 512 g/mol. The van der Waals surface area contributed by atoms with E-state index in [1.54, 1.807) is 0 Å². The lowest BCUT2D eigenvalue weighted by atomic mass is 9.84. The Morgan fingerprint density at radius 1 is 0.643 bits per heavy atom. The summed E-state index contributed by atoms with van der Waals surface area (Å²) in [5, 5.41) is 23.3. The molecule has 0 bridgehead atoms. The molecule has 0 aliphatic heterocycles. The lowest BCUT2D eigenvalue weighted by Crippen LogP contribution is -2.13. The second kappa shape index (κ2) is 9.37. The zero-order valence-electron chi connectivity index (χ0n) is 22.7. The van der Waals surface area contributed by atoms with E-state index in [1.165, 1.54) is 33.0 Å². The van der Waals surface area contributed by atoms with E-state index in [4.69, 9.17) is 0 Å². The Kier molecular flexibility index (Phi) is 5.36. The first-order valence-electron chi connectivity index (χ1n) is 14.1. The van der Waals surface area contributed by atoms with Gasteiger partial charge < -0.3 is 9.13 Å². The van der Waals surface area contributed by atoms with Crippen molar-refractivity contribution in [1.82, 2.24) is 9.13 Å². The van der Waals surface area contributed by atoms with E-state index in [0.717, 1.165) is 34.3 Å². The number of aromatic nitrogens is 2. The quantitative estimate of drug-likeness (QED) is 0.226. The standard InChI is InChI=1S/C38H24N4/c39-23-25-10-7-12-27(22-25)41-35-20-5-2-13-28(35)30-15-8-17-32(37(30)41)33-18-9-16-31-29-14-3-6-21-36(29)42(38(31)33)34-19-4-1-11-26(34)24-40/h1-17,19-22,33H,18H2. The fourth-order valence-electron chi connectivity index (χ4n) is 6.84. The Morgan fingerprint density at radius 2 is 1.36 bits per heavy atom. The van der Waals surface area contributed by atoms with Gasteiger partial charge in [0.25, 0.3) is 0 Å². The van der Waals surface area contributed by atoms with Crippen molar-refractivity contribution in [2.75, 3.05) is 0 Å². The van der Waals surface area contributed by atoms with Crippen molar-refractivity contribution in [2.45, 2.75) is 12.3 Å². The lowest BCUT2D eigenvalue weighted by Gasteiger charge is -2.25. The van der Waals surface area contributed by atoms with E-state index in [9.17, 15) is 10.5 Å². The van der Waals surface area contributed by atoms with Crippen LogP contribution in [-0.2, 0) is 0 Å². The third-order valence-corrected chi connectivity index (χ3v) is 8.54. The summed E-state index contributed by atoms with van der Waals surface area (Å²) >= 11 is 0. The van der Waals surface area contributed by atoms with Gasteiger partial charge in [0, 0.05) is 39.0 Å². The minimum Gasteiger partial charge on any atom is -0.311 e. The van der Waals surface area contributed by atoms with Crippen LogP contribution in [0.2, 0.25) is 0 Å². The highest BCUT2D eigenvalue weighted by molar-refractivity contribution is 6.10. The maximum atomic E-state index is 10.1. The third kappa shape index (κ3) is 3.40. The van der Waals surface area contributed by atoms with Crippen molar-refractivity contribution in [1.29, 1.82) is 10.5 Å². The molecule has 0 amide bonds. The molecule has 196 valence electrons. The number of hydrogen-bond acceptors (Lipinski definition) is 2. The smallest absolute Gasteiger partial charge is 0.101 e. The molecule has 7 aromatic rings. The Labute approximate surface area is 243 Å². The first kappa shape index (κ1) is 24.0. The van der Waals surface area contributed by atoms with Crippen LogP contribution in [0.1, 0.15) is 40.3 Å². The zero-order valence-corrected chi connectivity index (χ0v) is 22.7.